The van der Waals surface area contributed by atoms with Crippen molar-refractivity contribution >= 4 is 15.9 Å². The van der Waals surface area contributed by atoms with Gasteiger partial charge < -0.3 is 9.64 Å². The van der Waals surface area contributed by atoms with Gasteiger partial charge in [-0.25, -0.2) is 13.1 Å². The molecule has 1 N–H and O–H groups in total. The fourth-order valence-corrected chi connectivity index (χ4v) is 5.10. The molecular formula is C19H28N2O4S. The summed E-state index contributed by atoms with van der Waals surface area (Å²) in [4.78, 5) is 14.7. The highest BCUT2D eigenvalue weighted by atomic mass is 32.2. The average Bonchev–Trinajstić information content (AvgIpc) is 3.10. The molecule has 1 aromatic rings. The van der Waals surface area contributed by atoms with Gasteiger partial charge in [0.05, 0.1) is 11.5 Å². The summed E-state index contributed by atoms with van der Waals surface area (Å²) in [6.07, 6.45) is 6.06. The molecule has 1 aliphatic carbocycles. The van der Waals surface area contributed by atoms with E-state index in [4.69, 9.17) is 4.74 Å². The van der Waals surface area contributed by atoms with Crippen molar-refractivity contribution < 1.29 is 17.9 Å². The zero-order valence-electron chi connectivity index (χ0n) is 15.3. The monoisotopic (exact) mass is 380 g/mol. The van der Waals surface area contributed by atoms with Crippen molar-refractivity contribution in [3.05, 3.63) is 24.3 Å². The summed E-state index contributed by atoms with van der Waals surface area (Å²) in [5.41, 5.74) is 0. The summed E-state index contributed by atoms with van der Waals surface area (Å²) in [7, 11) is -3.59. The zero-order chi connectivity index (χ0) is 18.6. The molecule has 26 heavy (non-hydrogen) atoms. The van der Waals surface area contributed by atoms with Gasteiger partial charge in [-0.3, -0.25) is 4.79 Å². The minimum absolute atomic E-state index is 0.130. The van der Waals surface area contributed by atoms with E-state index in [0.29, 0.717) is 31.9 Å². The van der Waals surface area contributed by atoms with Gasteiger partial charge in [-0.05, 0) is 50.5 Å². The number of hydrogen-bond donors (Lipinski definition) is 1. The smallest absolute Gasteiger partial charge is 0.240 e. The van der Waals surface area contributed by atoms with Crippen molar-refractivity contribution in [2.75, 3.05) is 19.7 Å². The third kappa shape index (κ3) is 4.57. The standard InChI is InChI=1S/C19H28N2O4S/c1-2-25-17-8-10-18(11-9-17)26(23,24)20-16-12-13-21(14-16)19(22)15-6-4-3-5-7-15/h8-11,15-16,20H,2-7,12-14H2,1H3. The van der Waals surface area contributed by atoms with Gasteiger partial charge in [-0.15, -0.1) is 0 Å². The number of amides is 1. The Labute approximate surface area is 156 Å². The summed E-state index contributed by atoms with van der Waals surface area (Å²) >= 11 is 0. The molecule has 1 heterocycles. The quantitative estimate of drug-likeness (QED) is 0.823. The summed E-state index contributed by atoms with van der Waals surface area (Å²) in [6.45, 7) is 3.52. The number of carbonyl (C=O) groups excluding carboxylic acids is 1. The first-order valence-electron chi connectivity index (χ1n) is 9.53. The molecule has 6 nitrogen and oxygen atoms in total. The molecule has 1 aromatic carbocycles. The van der Waals surface area contributed by atoms with Gasteiger partial charge in [0.15, 0.2) is 0 Å². The molecule has 1 saturated heterocycles. The lowest BCUT2D eigenvalue weighted by molar-refractivity contribution is -0.135. The number of nitrogens with one attached hydrogen (secondary N) is 1. The van der Waals surface area contributed by atoms with Crippen LogP contribution in [0.1, 0.15) is 45.4 Å². The third-order valence-electron chi connectivity index (χ3n) is 5.22. The van der Waals surface area contributed by atoms with E-state index in [0.717, 1.165) is 25.7 Å². The topological polar surface area (TPSA) is 75.7 Å². The maximum absolute atomic E-state index is 12.6. The molecule has 0 spiro atoms. The minimum atomic E-state index is -3.59. The van der Waals surface area contributed by atoms with Gasteiger partial charge in [0.2, 0.25) is 15.9 Å². The summed E-state index contributed by atoms with van der Waals surface area (Å²) in [5, 5.41) is 0. The number of likely N-dealkylation sites (tertiary alicyclic amines) is 1. The summed E-state index contributed by atoms with van der Waals surface area (Å²) in [6, 6.07) is 6.19. The number of sulfonamides is 1. The maximum atomic E-state index is 12.6. The van der Waals surface area contributed by atoms with E-state index in [-0.39, 0.29) is 22.8 Å². The number of nitrogens with zero attached hydrogens (tertiary/aromatic N) is 1. The van der Waals surface area contributed by atoms with Crippen LogP contribution in [-0.2, 0) is 14.8 Å². The highest BCUT2D eigenvalue weighted by Gasteiger charge is 2.33. The van der Waals surface area contributed by atoms with Crippen LogP contribution >= 0.6 is 0 Å². The lowest BCUT2D eigenvalue weighted by Crippen LogP contribution is -2.40. The largest absolute Gasteiger partial charge is 0.494 e. The molecule has 144 valence electrons. The Kier molecular flexibility index (Phi) is 6.19. The lowest BCUT2D eigenvalue weighted by atomic mass is 9.88. The number of carbonyl (C=O) groups is 1. The van der Waals surface area contributed by atoms with Crippen LogP contribution in [-0.4, -0.2) is 45.0 Å². The van der Waals surface area contributed by atoms with E-state index >= 15 is 0 Å². The second-order valence-electron chi connectivity index (χ2n) is 7.13. The van der Waals surface area contributed by atoms with Gasteiger partial charge >= 0.3 is 0 Å². The predicted octanol–water partition coefficient (Wildman–Crippen LogP) is 2.54. The van der Waals surface area contributed by atoms with E-state index in [1.807, 2.05) is 11.8 Å². The minimum Gasteiger partial charge on any atom is -0.494 e. The number of benzene rings is 1. The molecule has 1 amide bonds. The third-order valence-corrected chi connectivity index (χ3v) is 6.76. The predicted molar refractivity (Wildman–Crippen MR) is 99.5 cm³/mol. The SMILES string of the molecule is CCOc1ccc(S(=O)(=O)NC2CCN(C(=O)C3CCCCC3)C2)cc1. The van der Waals surface area contributed by atoms with Crippen molar-refractivity contribution in [3.63, 3.8) is 0 Å². The van der Waals surface area contributed by atoms with Crippen molar-refractivity contribution in [2.24, 2.45) is 5.92 Å². The molecule has 1 unspecified atom stereocenters. The van der Waals surface area contributed by atoms with Gasteiger partial charge in [0.1, 0.15) is 5.75 Å². The van der Waals surface area contributed by atoms with Crippen LogP contribution in [0.4, 0.5) is 0 Å². The van der Waals surface area contributed by atoms with Gasteiger partial charge in [0.25, 0.3) is 0 Å². The fraction of sp³-hybridized carbons (Fsp3) is 0.632. The van der Waals surface area contributed by atoms with E-state index < -0.39 is 10.0 Å². The van der Waals surface area contributed by atoms with E-state index in [2.05, 4.69) is 4.72 Å². The molecule has 7 heteroatoms. The Morgan fingerprint density at radius 1 is 1.15 bits per heavy atom. The highest BCUT2D eigenvalue weighted by Crippen LogP contribution is 2.27. The van der Waals surface area contributed by atoms with Crippen molar-refractivity contribution in [1.29, 1.82) is 0 Å². The van der Waals surface area contributed by atoms with E-state index in [1.165, 1.54) is 6.42 Å². The summed E-state index contributed by atoms with van der Waals surface area (Å²) < 4.78 is 33.3. The molecule has 0 aromatic heterocycles. The second-order valence-corrected chi connectivity index (χ2v) is 8.84. The van der Waals surface area contributed by atoms with Crippen LogP contribution in [0.2, 0.25) is 0 Å². The van der Waals surface area contributed by atoms with Crippen LogP contribution in [0.25, 0.3) is 0 Å². The normalized spacial score (nSPS) is 21.7. The summed E-state index contributed by atoms with van der Waals surface area (Å²) in [5.74, 6) is 0.981. The Morgan fingerprint density at radius 3 is 2.50 bits per heavy atom. The van der Waals surface area contributed by atoms with Crippen molar-refractivity contribution in [2.45, 2.75) is 56.4 Å². The van der Waals surface area contributed by atoms with E-state index in [9.17, 15) is 13.2 Å². The molecular weight excluding hydrogens is 352 g/mol. The van der Waals surface area contributed by atoms with Gasteiger partial charge in [-0.1, -0.05) is 19.3 Å². The molecule has 2 aliphatic rings. The first-order chi connectivity index (χ1) is 12.5. The molecule has 1 atom stereocenters. The maximum Gasteiger partial charge on any atom is 0.240 e. The average molecular weight is 381 g/mol. The number of ether oxygens (including phenoxy) is 1. The first-order valence-corrected chi connectivity index (χ1v) is 11.0. The van der Waals surface area contributed by atoms with Crippen LogP contribution in [0.3, 0.4) is 0 Å². The number of hydrogen-bond acceptors (Lipinski definition) is 4. The van der Waals surface area contributed by atoms with Crippen LogP contribution in [0.15, 0.2) is 29.2 Å². The van der Waals surface area contributed by atoms with Gasteiger partial charge in [0, 0.05) is 25.0 Å². The van der Waals surface area contributed by atoms with Crippen molar-refractivity contribution in [1.82, 2.24) is 9.62 Å². The Balaban J connectivity index is 1.57. The molecule has 1 aliphatic heterocycles. The Bertz CT molecular complexity index is 712. The lowest BCUT2D eigenvalue weighted by Gasteiger charge is -2.26. The van der Waals surface area contributed by atoms with Crippen LogP contribution < -0.4 is 9.46 Å². The van der Waals surface area contributed by atoms with Crippen LogP contribution in [0.5, 0.6) is 5.75 Å². The Morgan fingerprint density at radius 2 is 1.85 bits per heavy atom. The number of rotatable bonds is 6. The fourth-order valence-electron chi connectivity index (χ4n) is 3.83. The first kappa shape index (κ1) is 19.2. The Hall–Kier alpha value is -1.60. The van der Waals surface area contributed by atoms with Gasteiger partial charge in [-0.2, -0.15) is 0 Å². The molecule has 1 saturated carbocycles. The second kappa shape index (κ2) is 8.39. The van der Waals surface area contributed by atoms with Crippen molar-refractivity contribution in [3.8, 4) is 5.75 Å². The highest BCUT2D eigenvalue weighted by molar-refractivity contribution is 7.89. The van der Waals surface area contributed by atoms with Crippen LogP contribution in [0, 0.1) is 5.92 Å². The molecule has 2 fully saturated rings. The zero-order valence-corrected chi connectivity index (χ0v) is 16.1. The van der Waals surface area contributed by atoms with E-state index in [1.54, 1.807) is 24.3 Å². The molecule has 3 rings (SSSR count). The molecule has 0 radical (unpaired) electrons. The molecule has 0 bridgehead atoms.